The van der Waals surface area contributed by atoms with Crippen molar-refractivity contribution in [2.75, 3.05) is 6.61 Å². The molecule has 1 atom stereocenters. The SMILES string of the molecule is C=CCCC(CCCCCOC(C)=O)C(=C)C. The molecule has 0 aliphatic carbocycles. The minimum atomic E-state index is -0.184. The van der Waals surface area contributed by atoms with E-state index in [0.717, 1.165) is 25.7 Å². The van der Waals surface area contributed by atoms with Gasteiger partial charge >= 0.3 is 5.97 Å². The summed E-state index contributed by atoms with van der Waals surface area (Å²) in [5.74, 6) is 0.428. The zero-order chi connectivity index (χ0) is 13.1. The van der Waals surface area contributed by atoms with Crippen LogP contribution in [0.25, 0.3) is 0 Å². The predicted molar refractivity (Wildman–Crippen MR) is 72.8 cm³/mol. The minimum Gasteiger partial charge on any atom is -0.466 e. The lowest BCUT2D eigenvalue weighted by atomic mass is 9.91. The molecule has 0 rings (SSSR count). The Balaban J connectivity index is 3.57. The molecular formula is C15H26O2. The van der Waals surface area contributed by atoms with Gasteiger partial charge in [-0.3, -0.25) is 4.79 Å². The summed E-state index contributed by atoms with van der Waals surface area (Å²) < 4.78 is 4.89. The molecule has 0 fully saturated rings. The molecule has 0 aliphatic rings. The van der Waals surface area contributed by atoms with Crippen LogP contribution in [0.5, 0.6) is 0 Å². The van der Waals surface area contributed by atoms with E-state index >= 15 is 0 Å². The lowest BCUT2D eigenvalue weighted by Crippen LogP contribution is -2.03. The highest BCUT2D eigenvalue weighted by Gasteiger charge is 2.07. The second-order valence-corrected chi connectivity index (χ2v) is 4.60. The Bertz CT molecular complexity index is 243. The van der Waals surface area contributed by atoms with Gasteiger partial charge in [0.15, 0.2) is 0 Å². The van der Waals surface area contributed by atoms with E-state index in [1.165, 1.54) is 25.3 Å². The number of allylic oxidation sites excluding steroid dienone is 2. The molecule has 0 spiro atoms. The van der Waals surface area contributed by atoms with Crippen LogP contribution in [0.15, 0.2) is 24.8 Å². The van der Waals surface area contributed by atoms with Crippen molar-refractivity contribution >= 4 is 5.97 Å². The Labute approximate surface area is 106 Å². The summed E-state index contributed by atoms with van der Waals surface area (Å²) >= 11 is 0. The van der Waals surface area contributed by atoms with Crippen molar-refractivity contribution in [3.63, 3.8) is 0 Å². The van der Waals surface area contributed by atoms with Gasteiger partial charge in [-0.2, -0.15) is 0 Å². The predicted octanol–water partition coefficient (Wildman–Crippen LogP) is 4.27. The lowest BCUT2D eigenvalue weighted by molar-refractivity contribution is -0.141. The second-order valence-electron chi connectivity index (χ2n) is 4.60. The van der Waals surface area contributed by atoms with E-state index in [-0.39, 0.29) is 5.97 Å². The number of carbonyl (C=O) groups is 1. The van der Waals surface area contributed by atoms with Crippen molar-refractivity contribution in [3.05, 3.63) is 24.8 Å². The first-order valence-corrected chi connectivity index (χ1v) is 6.47. The van der Waals surface area contributed by atoms with Gasteiger partial charge < -0.3 is 4.74 Å². The van der Waals surface area contributed by atoms with Gasteiger partial charge in [0.25, 0.3) is 0 Å². The Morgan fingerprint density at radius 2 is 1.94 bits per heavy atom. The van der Waals surface area contributed by atoms with E-state index in [1.807, 2.05) is 6.08 Å². The number of hydrogen-bond acceptors (Lipinski definition) is 2. The van der Waals surface area contributed by atoms with Crippen LogP contribution in [-0.2, 0) is 9.53 Å². The highest BCUT2D eigenvalue weighted by atomic mass is 16.5. The third-order valence-corrected chi connectivity index (χ3v) is 2.92. The number of ether oxygens (including phenoxy) is 1. The van der Waals surface area contributed by atoms with Crippen molar-refractivity contribution in [1.82, 2.24) is 0 Å². The minimum absolute atomic E-state index is 0.184. The van der Waals surface area contributed by atoms with E-state index in [9.17, 15) is 4.79 Å². The Morgan fingerprint density at radius 3 is 2.47 bits per heavy atom. The van der Waals surface area contributed by atoms with Crippen LogP contribution in [0.4, 0.5) is 0 Å². The van der Waals surface area contributed by atoms with Gasteiger partial charge in [-0.25, -0.2) is 0 Å². The van der Waals surface area contributed by atoms with Crippen molar-refractivity contribution in [2.45, 2.75) is 52.4 Å². The number of carbonyl (C=O) groups excluding carboxylic acids is 1. The van der Waals surface area contributed by atoms with Gasteiger partial charge in [-0.1, -0.05) is 31.1 Å². The van der Waals surface area contributed by atoms with E-state index in [4.69, 9.17) is 4.74 Å². The summed E-state index contributed by atoms with van der Waals surface area (Å²) in [6.45, 7) is 11.9. The Morgan fingerprint density at radius 1 is 1.24 bits per heavy atom. The average Bonchev–Trinajstić information content (AvgIpc) is 2.26. The number of rotatable bonds is 10. The van der Waals surface area contributed by atoms with Crippen LogP contribution in [0.3, 0.4) is 0 Å². The lowest BCUT2D eigenvalue weighted by Gasteiger charge is -2.15. The molecule has 0 saturated heterocycles. The van der Waals surface area contributed by atoms with Gasteiger partial charge in [0.2, 0.25) is 0 Å². The normalized spacial score (nSPS) is 11.9. The fourth-order valence-electron chi connectivity index (χ4n) is 1.84. The maximum atomic E-state index is 10.5. The molecule has 1 unspecified atom stereocenters. The molecular weight excluding hydrogens is 212 g/mol. The quantitative estimate of drug-likeness (QED) is 0.323. The first-order chi connectivity index (χ1) is 8.07. The van der Waals surface area contributed by atoms with Crippen molar-refractivity contribution < 1.29 is 9.53 Å². The number of unbranched alkanes of at least 4 members (excludes halogenated alkanes) is 2. The molecule has 17 heavy (non-hydrogen) atoms. The molecule has 0 aromatic rings. The van der Waals surface area contributed by atoms with E-state index in [0.29, 0.717) is 12.5 Å². The van der Waals surface area contributed by atoms with Gasteiger partial charge in [-0.05, 0) is 38.5 Å². The molecule has 0 bridgehead atoms. The molecule has 0 saturated carbocycles. The Hall–Kier alpha value is -1.05. The fourth-order valence-corrected chi connectivity index (χ4v) is 1.84. The first-order valence-electron chi connectivity index (χ1n) is 6.47. The first kappa shape index (κ1) is 16.0. The van der Waals surface area contributed by atoms with E-state index in [1.54, 1.807) is 0 Å². The van der Waals surface area contributed by atoms with Crippen LogP contribution >= 0.6 is 0 Å². The molecule has 0 aromatic carbocycles. The summed E-state index contributed by atoms with van der Waals surface area (Å²) in [7, 11) is 0. The maximum absolute atomic E-state index is 10.5. The molecule has 98 valence electrons. The molecule has 0 aliphatic heterocycles. The molecule has 0 N–H and O–H groups in total. The monoisotopic (exact) mass is 238 g/mol. The highest BCUT2D eigenvalue weighted by Crippen LogP contribution is 2.22. The Kier molecular flexibility index (Phi) is 9.50. The summed E-state index contributed by atoms with van der Waals surface area (Å²) in [6.07, 6.45) is 8.62. The molecule has 0 aromatic heterocycles. The van der Waals surface area contributed by atoms with E-state index < -0.39 is 0 Å². The third kappa shape index (κ3) is 9.86. The van der Waals surface area contributed by atoms with Crippen molar-refractivity contribution in [1.29, 1.82) is 0 Å². The third-order valence-electron chi connectivity index (χ3n) is 2.92. The van der Waals surface area contributed by atoms with Gasteiger partial charge in [0.1, 0.15) is 0 Å². The molecule has 0 heterocycles. The fraction of sp³-hybridized carbons (Fsp3) is 0.667. The van der Waals surface area contributed by atoms with E-state index in [2.05, 4.69) is 20.1 Å². The standard InChI is InChI=1S/C15H26O2/c1-5-6-10-15(13(2)3)11-8-7-9-12-17-14(4)16/h5,15H,1-2,6-12H2,3-4H3. The van der Waals surface area contributed by atoms with Gasteiger partial charge in [0, 0.05) is 6.92 Å². The topological polar surface area (TPSA) is 26.3 Å². The average molecular weight is 238 g/mol. The molecule has 2 nitrogen and oxygen atoms in total. The van der Waals surface area contributed by atoms with Crippen LogP contribution < -0.4 is 0 Å². The summed E-state index contributed by atoms with van der Waals surface area (Å²) in [5.41, 5.74) is 1.27. The maximum Gasteiger partial charge on any atom is 0.302 e. The highest BCUT2D eigenvalue weighted by molar-refractivity contribution is 5.65. The van der Waals surface area contributed by atoms with Crippen molar-refractivity contribution in [2.24, 2.45) is 5.92 Å². The van der Waals surface area contributed by atoms with Crippen LogP contribution in [0, 0.1) is 5.92 Å². The zero-order valence-electron chi connectivity index (χ0n) is 11.3. The largest absolute Gasteiger partial charge is 0.466 e. The van der Waals surface area contributed by atoms with Gasteiger partial charge in [-0.15, -0.1) is 6.58 Å². The second kappa shape index (κ2) is 10.1. The smallest absolute Gasteiger partial charge is 0.302 e. The van der Waals surface area contributed by atoms with Crippen LogP contribution in [-0.4, -0.2) is 12.6 Å². The summed E-state index contributed by atoms with van der Waals surface area (Å²) in [6, 6.07) is 0. The number of esters is 1. The van der Waals surface area contributed by atoms with Crippen LogP contribution in [0.1, 0.15) is 52.4 Å². The van der Waals surface area contributed by atoms with Crippen LogP contribution in [0.2, 0.25) is 0 Å². The van der Waals surface area contributed by atoms with Gasteiger partial charge in [0.05, 0.1) is 6.61 Å². The summed E-state index contributed by atoms with van der Waals surface area (Å²) in [5, 5.41) is 0. The molecule has 0 amide bonds. The summed E-state index contributed by atoms with van der Waals surface area (Å²) in [4.78, 5) is 10.5. The van der Waals surface area contributed by atoms with Crippen molar-refractivity contribution in [3.8, 4) is 0 Å². The molecule has 0 radical (unpaired) electrons. The zero-order valence-corrected chi connectivity index (χ0v) is 11.3. The number of hydrogen-bond donors (Lipinski definition) is 0. The molecule has 2 heteroatoms.